The lowest BCUT2D eigenvalue weighted by molar-refractivity contribution is 0.384. The van der Waals surface area contributed by atoms with E-state index in [0.29, 0.717) is 11.8 Å². The first-order valence-corrected chi connectivity index (χ1v) is 6.49. The highest BCUT2D eigenvalue weighted by molar-refractivity contribution is 5.88. The summed E-state index contributed by atoms with van der Waals surface area (Å²) < 4.78 is 6.09. The molecule has 1 heteroatoms. The van der Waals surface area contributed by atoms with E-state index >= 15 is 0 Å². The Hall–Kier alpha value is -1.50. The minimum Gasteiger partial charge on any atom is -0.460 e. The van der Waals surface area contributed by atoms with Gasteiger partial charge in [0.05, 0.1) is 0 Å². The molecule has 0 amide bonds. The number of benzene rings is 1. The van der Waals surface area contributed by atoms with E-state index in [1.165, 1.54) is 16.7 Å². The van der Waals surface area contributed by atoms with Gasteiger partial charge in [-0.1, -0.05) is 44.2 Å². The average Bonchev–Trinajstić information content (AvgIpc) is 2.61. The van der Waals surface area contributed by atoms with Crippen LogP contribution in [-0.2, 0) is 0 Å². The van der Waals surface area contributed by atoms with Crippen molar-refractivity contribution >= 4 is 17.0 Å². The summed E-state index contributed by atoms with van der Waals surface area (Å²) in [5.41, 5.74) is 2.33. The van der Waals surface area contributed by atoms with Crippen LogP contribution in [-0.4, -0.2) is 0 Å². The summed E-state index contributed by atoms with van der Waals surface area (Å²) in [5, 5.41) is 1.26. The van der Waals surface area contributed by atoms with E-state index in [1.807, 2.05) is 6.07 Å². The fourth-order valence-corrected chi connectivity index (χ4v) is 2.94. The van der Waals surface area contributed by atoms with Crippen molar-refractivity contribution in [3.63, 3.8) is 0 Å². The Bertz CT molecular complexity index is 562. The lowest BCUT2D eigenvalue weighted by Crippen LogP contribution is -2.07. The van der Waals surface area contributed by atoms with Crippen LogP contribution in [0.15, 0.2) is 34.8 Å². The molecule has 1 heterocycles. The maximum atomic E-state index is 6.09. The summed E-state index contributed by atoms with van der Waals surface area (Å²) in [6.07, 6.45) is 6.83. The summed E-state index contributed by atoms with van der Waals surface area (Å²) in [6.45, 7) is 4.57. The smallest absolute Gasteiger partial charge is 0.134 e. The van der Waals surface area contributed by atoms with Gasteiger partial charge in [-0.2, -0.15) is 0 Å². The molecule has 88 valence electrons. The van der Waals surface area contributed by atoms with Crippen LogP contribution in [0.1, 0.15) is 43.9 Å². The largest absolute Gasteiger partial charge is 0.460 e. The predicted molar refractivity (Wildman–Crippen MR) is 72.1 cm³/mol. The molecule has 0 saturated carbocycles. The number of hydrogen-bond acceptors (Lipinski definition) is 1. The quantitative estimate of drug-likeness (QED) is 0.668. The van der Waals surface area contributed by atoms with Crippen molar-refractivity contribution in [3.05, 3.63) is 41.7 Å². The van der Waals surface area contributed by atoms with Crippen LogP contribution in [0.4, 0.5) is 0 Å². The zero-order valence-corrected chi connectivity index (χ0v) is 10.4. The van der Waals surface area contributed by atoms with E-state index in [-0.39, 0.29) is 0 Å². The third kappa shape index (κ3) is 1.61. The molecule has 3 rings (SSSR count). The number of rotatable bonds is 1. The van der Waals surface area contributed by atoms with Crippen molar-refractivity contribution in [2.24, 2.45) is 5.92 Å². The molecule has 2 unspecified atom stereocenters. The van der Waals surface area contributed by atoms with E-state index in [9.17, 15) is 0 Å². The van der Waals surface area contributed by atoms with Gasteiger partial charge in [-0.05, 0) is 24.8 Å². The van der Waals surface area contributed by atoms with E-state index in [0.717, 1.165) is 18.4 Å². The minimum absolute atomic E-state index is 0.549. The molecule has 0 bridgehead atoms. The Kier molecular flexibility index (Phi) is 2.54. The fraction of sp³-hybridized carbons (Fsp3) is 0.375. The molecule has 1 aliphatic carbocycles. The van der Waals surface area contributed by atoms with Crippen molar-refractivity contribution in [3.8, 4) is 0 Å². The molecule has 17 heavy (non-hydrogen) atoms. The Balaban J connectivity index is 2.27. The normalized spacial score (nSPS) is 23.6. The van der Waals surface area contributed by atoms with Gasteiger partial charge in [0.25, 0.3) is 0 Å². The number of furan rings is 1. The second-order valence-corrected chi connectivity index (χ2v) is 5.01. The Morgan fingerprint density at radius 2 is 2.12 bits per heavy atom. The first-order valence-electron chi connectivity index (χ1n) is 6.49. The average molecular weight is 226 g/mol. The van der Waals surface area contributed by atoms with Gasteiger partial charge in [0, 0.05) is 16.9 Å². The molecule has 0 N–H and O–H groups in total. The molecule has 0 aliphatic heterocycles. The van der Waals surface area contributed by atoms with Crippen molar-refractivity contribution in [2.75, 3.05) is 0 Å². The van der Waals surface area contributed by atoms with Crippen LogP contribution < -0.4 is 0 Å². The molecule has 2 aromatic rings. The molecular weight excluding hydrogens is 208 g/mol. The molecule has 0 spiro atoms. The van der Waals surface area contributed by atoms with Crippen molar-refractivity contribution in [2.45, 2.75) is 32.6 Å². The summed E-state index contributed by atoms with van der Waals surface area (Å²) >= 11 is 0. The van der Waals surface area contributed by atoms with E-state index < -0.39 is 0 Å². The van der Waals surface area contributed by atoms with Crippen molar-refractivity contribution in [1.82, 2.24) is 0 Å². The fourth-order valence-electron chi connectivity index (χ4n) is 2.94. The van der Waals surface area contributed by atoms with Crippen molar-refractivity contribution in [1.29, 1.82) is 0 Å². The lowest BCUT2D eigenvalue weighted by Gasteiger charge is -2.18. The SMILES string of the molecule is CCC1c2oc3ccccc3c2C=CCC1C. The van der Waals surface area contributed by atoms with Gasteiger partial charge in [0.1, 0.15) is 11.3 Å². The molecule has 1 aromatic carbocycles. The van der Waals surface area contributed by atoms with Crippen LogP contribution in [0.2, 0.25) is 0 Å². The van der Waals surface area contributed by atoms with Gasteiger partial charge in [-0.15, -0.1) is 0 Å². The Labute approximate surface area is 102 Å². The van der Waals surface area contributed by atoms with Gasteiger partial charge in [0.2, 0.25) is 0 Å². The number of fused-ring (bicyclic) bond motifs is 3. The van der Waals surface area contributed by atoms with Crippen LogP contribution >= 0.6 is 0 Å². The monoisotopic (exact) mass is 226 g/mol. The number of allylic oxidation sites excluding steroid dienone is 1. The maximum Gasteiger partial charge on any atom is 0.134 e. The molecular formula is C16H18O. The molecule has 0 fully saturated rings. The molecule has 1 nitrogen and oxygen atoms in total. The van der Waals surface area contributed by atoms with Crippen LogP contribution in [0.25, 0.3) is 17.0 Å². The number of hydrogen-bond donors (Lipinski definition) is 0. The third-order valence-corrected chi connectivity index (χ3v) is 3.92. The van der Waals surface area contributed by atoms with Gasteiger partial charge in [-0.3, -0.25) is 0 Å². The molecule has 1 aliphatic rings. The summed E-state index contributed by atoms with van der Waals surface area (Å²) in [6, 6.07) is 8.35. The molecule has 1 aromatic heterocycles. The second kappa shape index (κ2) is 4.06. The Morgan fingerprint density at radius 3 is 2.94 bits per heavy atom. The lowest BCUT2D eigenvalue weighted by atomic mass is 9.87. The van der Waals surface area contributed by atoms with Crippen LogP contribution in [0.5, 0.6) is 0 Å². The standard InChI is InChI=1S/C16H18O/c1-3-12-11(2)7-6-9-14-13-8-4-5-10-15(13)17-16(12)14/h4-6,8-12H,3,7H2,1-2H3. The second-order valence-electron chi connectivity index (χ2n) is 5.01. The van der Waals surface area contributed by atoms with Crippen molar-refractivity contribution < 1.29 is 4.42 Å². The van der Waals surface area contributed by atoms with Crippen LogP contribution in [0, 0.1) is 5.92 Å². The van der Waals surface area contributed by atoms with E-state index in [1.54, 1.807) is 0 Å². The van der Waals surface area contributed by atoms with E-state index in [4.69, 9.17) is 4.42 Å². The first kappa shape index (κ1) is 10.6. The molecule has 0 radical (unpaired) electrons. The van der Waals surface area contributed by atoms with Gasteiger partial charge in [-0.25, -0.2) is 0 Å². The minimum atomic E-state index is 0.549. The zero-order valence-electron chi connectivity index (χ0n) is 10.4. The highest BCUT2D eigenvalue weighted by Gasteiger charge is 2.26. The topological polar surface area (TPSA) is 13.1 Å². The molecule has 0 saturated heterocycles. The van der Waals surface area contributed by atoms with Gasteiger partial charge < -0.3 is 4.42 Å². The Morgan fingerprint density at radius 1 is 1.29 bits per heavy atom. The molecule has 2 atom stereocenters. The maximum absolute atomic E-state index is 6.09. The van der Waals surface area contributed by atoms with Gasteiger partial charge >= 0.3 is 0 Å². The summed E-state index contributed by atoms with van der Waals surface area (Å²) in [5.74, 6) is 2.40. The number of para-hydroxylation sites is 1. The summed E-state index contributed by atoms with van der Waals surface area (Å²) in [7, 11) is 0. The third-order valence-electron chi connectivity index (χ3n) is 3.92. The predicted octanol–water partition coefficient (Wildman–Crippen LogP) is 4.98. The van der Waals surface area contributed by atoms with Gasteiger partial charge in [0.15, 0.2) is 0 Å². The highest BCUT2D eigenvalue weighted by Crippen LogP contribution is 2.40. The summed E-state index contributed by atoms with van der Waals surface area (Å²) in [4.78, 5) is 0. The van der Waals surface area contributed by atoms with Crippen LogP contribution in [0.3, 0.4) is 0 Å². The zero-order chi connectivity index (χ0) is 11.8. The highest BCUT2D eigenvalue weighted by atomic mass is 16.3. The first-order chi connectivity index (χ1) is 8.31. The van der Waals surface area contributed by atoms with E-state index in [2.05, 4.69) is 44.2 Å².